The average molecular weight is 401 g/mol. The molecule has 3 atom stereocenters. The number of ether oxygens (including phenoxy) is 2. The summed E-state index contributed by atoms with van der Waals surface area (Å²) in [6.45, 7) is 1.13. The van der Waals surface area contributed by atoms with Gasteiger partial charge in [0, 0.05) is 25.4 Å². The lowest BCUT2D eigenvalue weighted by Gasteiger charge is -2.41. The number of nitrogens with zero attached hydrogens (tertiary/aromatic N) is 1. The maximum absolute atomic E-state index is 12.9. The molecule has 0 bridgehead atoms. The lowest BCUT2D eigenvalue weighted by Crippen LogP contribution is -2.58. The van der Waals surface area contributed by atoms with E-state index in [0.717, 1.165) is 38.5 Å². The van der Waals surface area contributed by atoms with E-state index in [9.17, 15) is 9.59 Å². The minimum absolute atomic E-state index is 0.0922. The van der Waals surface area contributed by atoms with E-state index in [1.807, 2.05) is 4.90 Å². The third-order valence-electron chi connectivity index (χ3n) is 6.72. The van der Waals surface area contributed by atoms with Crippen LogP contribution in [0.4, 0.5) is 0 Å². The van der Waals surface area contributed by atoms with Crippen LogP contribution in [0.15, 0.2) is 30.3 Å². The first kappa shape index (κ1) is 20.4. The minimum Gasteiger partial charge on any atom is -0.452 e. The number of hydrogen-bond acceptors (Lipinski definition) is 5. The second kappa shape index (κ2) is 9.26. The molecule has 1 aliphatic carbocycles. The number of esters is 1. The SMILES string of the molecule is N[C@H]1CCCN(C(=O)[C@@H]2CCC(=O)O2)[C@H]1COC1CCC(c2ccccc2)CC1. The summed E-state index contributed by atoms with van der Waals surface area (Å²) in [6.07, 6.45) is 6.49. The molecule has 158 valence electrons. The molecule has 3 aliphatic rings. The number of carbonyl (C=O) groups is 2. The van der Waals surface area contributed by atoms with Gasteiger partial charge in [-0.2, -0.15) is 0 Å². The Balaban J connectivity index is 1.30. The fourth-order valence-corrected chi connectivity index (χ4v) is 4.98. The number of carbonyl (C=O) groups excluding carboxylic acids is 2. The van der Waals surface area contributed by atoms with Crippen LogP contribution in [0, 0.1) is 0 Å². The molecule has 6 nitrogen and oxygen atoms in total. The van der Waals surface area contributed by atoms with Crippen molar-refractivity contribution in [2.24, 2.45) is 5.73 Å². The molecule has 3 fully saturated rings. The molecule has 2 saturated heterocycles. The van der Waals surface area contributed by atoms with Gasteiger partial charge in [-0.15, -0.1) is 0 Å². The van der Waals surface area contributed by atoms with E-state index < -0.39 is 6.10 Å². The number of hydrogen-bond donors (Lipinski definition) is 1. The van der Waals surface area contributed by atoms with E-state index in [0.29, 0.717) is 31.9 Å². The predicted octanol–water partition coefficient (Wildman–Crippen LogP) is 2.75. The average Bonchev–Trinajstić information content (AvgIpc) is 3.19. The first-order chi connectivity index (χ1) is 14.1. The number of piperidine rings is 1. The van der Waals surface area contributed by atoms with Crippen LogP contribution in [-0.2, 0) is 19.1 Å². The molecular formula is C23H32N2O4. The van der Waals surface area contributed by atoms with Crippen molar-refractivity contribution < 1.29 is 19.1 Å². The molecule has 2 aliphatic heterocycles. The Morgan fingerprint density at radius 3 is 2.55 bits per heavy atom. The zero-order valence-corrected chi connectivity index (χ0v) is 17.0. The van der Waals surface area contributed by atoms with Crippen molar-refractivity contribution in [3.05, 3.63) is 35.9 Å². The monoisotopic (exact) mass is 400 g/mol. The second-order valence-corrected chi connectivity index (χ2v) is 8.64. The Morgan fingerprint density at radius 1 is 1.10 bits per heavy atom. The third-order valence-corrected chi connectivity index (χ3v) is 6.72. The zero-order valence-electron chi connectivity index (χ0n) is 17.0. The molecule has 4 rings (SSSR count). The van der Waals surface area contributed by atoms with Crippen LogP contribution in [-0.4, -0.2) is 54.2 Å². The molecule has 0 aromatic heterocycles. The van der Waals surface area contributed by atoms with Crippen molar-refractivity contribution in [2.75, 3.05) is 13.2 Å². The van der Waals surface area contributed by atoms with Crippen LogP contribution < -0.4 is 5.73 Å². The number of nitrogens with two attached hydrogens (primary N) is 1. The number of amides is 1. The van der Waals surface area contributed by atoms with E-state index in [1.165, 1.54) is 5.56 Å². The number of likely N-dealkylation sites (tertiary alicyclic amines) is 1. The van der Waals surface area contributed by atoms with Gasteiger partial charge in [-0.25, -0.2) is 0 Å². The third kappa shape index (κ3) is 4.81. The normalized spacial score (nSPS) is 32.8. The summed E-state index contributed by atoms with van der Waals surface area (Å²) >= 11 is 0. The van der Waals surface area contributed by atoms with Gasteiger partial charge in [0.15, 0.2) is 6.10 Å². The maximum Gasteiger partial charge on any atom is 0.306 e. The summed E-state index contributed by atoms with van der Waals surface area (Å²) in [6, 6.07) is 10.5. The first-order valence-electron chi connectivity index (χ1n) is 11.0. The summed E-state index contributed by atoms with van der Waals surface area (Å²) in [5.41, 5.74) is 7.78. The standard InChI is InChI=1S/C23H32N2O4/c24-19-7-4-14-25(23(27)21-12-13-22(26)29-21)20(19)15-28-18-10-8-17(9-11-18)16-5-2-1-3-6-16/h1-3,5-6,17-21H,4,7-15,24H2/t17?,18?,19-,20-,21-/m0/s1. The zero-order chi connectivity index (χ0) is 20.2. The van der Waals surface area contributed by atoms with Crippen LogP contribution in [0.2, 0.25) is 0 Å². The Kier molecular flexibility index (Phi) is 6.50. The van der Waals surface area contributed by atoms with Gasteiger partial charge < -0.3 is 20.1 Å². The van der Waals surface area contributed by atoms with Gasteiger partial charge in [-0.05, 0) is 50.0 Å². The highest BCUT2D eigenvalue weighted by atomic mass is 16.6. The predicted molar refractivity (Wildman–Crippen MR) is 109 cm³/mol. The molecule has 2 heterocycles. The maximum atomic E-state index is 12.9. The Hall–Kier alpha value is -1.92. The van der Waals surface area contributed by atoms with E-state index in [2.05, 4.69) is 30.3 Å². The molecule has 1 aromatic rings. The van der Waals surface area contributed by atoms with Crippen LogP contribution in [0.1, 0.15) is 62.8 Å². The summed E-state index contributed by atoms with van der Waals surface area (Å²) in [5.74, 6) is 0.225. The van der Waals surface area contributed by atoms with Gasteiger partial charge in [0.05, 0.1) is 18.8 Å². The van der Waals surface area contributed by atoms with E-state index >= 15 is 0 Å². The number of rotatable bonds is 5. The van der Waals surface area contributed by atoms with Crippen molar-refractivity contribution >= 4 is 11.9 Å². The van der Waals surface area contributed by atoms with Gasteiger partial charge in [-0.1, -0.05) is 30.3 Å². The van der Waals surface area contributed by atoms with Gasteiger partial charge in [0.25, 0.3) is 5.91 Å². The minimum atomic E-state index is -0.642. The number of benzene rings is 1. The van der Waals surface area contributed by atoms with E-state index in [4.69, 9.17) is 15.2 Å². The second-order valence-electron chi connectivity index (χ2n) is 8.64. The van der Waals surface area contributed by atoms with Gasteiger partial charge in [0.2, 0.25) is 0 Å². The molecule has 1 amide bonds. The van der Waals surface area contributed by atoms with Crippen LogP contribution in [0.3, 0.4) is 0 Å². The molecular weight excluding hydrogens is 368 g/mol. The van der Waals surface area contributed by atoms with E-state index in [-0.39, 0.29) is 30.1 Å². The molecule has 0 unspecified atom stereocenters. The van der Waals surface area contributed by atoms with Crippen molar-refractivity contribution in [2.45, 2.75) is 81.6 Å². The quantitative estimate of drug-likeness (QED) is 0.769. The lowest BCUT2D eigenvalue weighted by atomic mass is 9.83. The van der Waals surface area contributed by atoms with Crippen molar-refractivity contribution in [1.29, 1.82) is 0 Å². The molecule has 0 spiro atoms. The lowest BCUT2D eigenvalue weighted by molar-refractivity contribution is -0.156. The Morgan fingerprint density at radius 2 is 1.86 bits per heavy atom. The van der Waals surface area contributed by atoms with Crippen LogP contribution in [0.25, 0.3) is 0 Å². The summed E-state index contributed by atoms with van der Waals surface area (Å²) in [4.78, 5) is 26.1. The largest absolute Gasteiger partial charge is 0.452 e. The highest BCUT2D eigenvalue weighted by Crippen LogP contribution is 2.34. The molecule has 29 heavy (non-hydrogen) atoms. The summed E-state index contributed by atoms with van der Waals surface area (Å²) in [7, 11) is 0. The topological polar surface area (TPSA) is 81.9 Å². The first-order valence-corrected chi connectivity index (χ1v) is 11.0. The Labute approximate surface area is 172 Å². The smallest absolute Gasteiger partial charge is 0.306 e. The summed E-state index contributed by atoms with van der Waals surface area (Å²) < 4.78 is 11.5. The molecule has 2 N–H and O–H groups in total. The summed E-state index contributed by atoms with van der Waals surface area (Å²) in [5, 5.41) is 0. The van der Waals surface area contributed by atoms with Crippen molar-refractivity contribution in [3.63, 3.8) is 0 Å². The van der Waals surface area contributed by atoms with Crippen molar-refractivity contribution in [3.8, 4) is 0 Å². The van der Waals surface area contributed by atoms with Crippen LogP contribution in [0.5, 0.6) is 0 Å². The van der Waals surface area contributed by atoms with Gasteiger partial charge in [-0.3, -0.25) is 9.59 Å². The molecule has 1 saturated carbocycles. The van der Waals surface area contributed by atoms with Crippen LogP contribution >= 0.6 is 0 Å². The van der Waals surface area contributed by atoms with Crippen molar-refractivity contribution in [1.82, 2.24) is 4.90 Å². The number of cyclic esters (lactones) is 1. The van der Waals surface area contributed by atoms with Gasteiger partial charge >= 0.3 is 5.97 Å². The highest BCUT2D eigenvalue weighted by molar-refractivity contribution is 5.86. The highest BCUT2D eigenvalue weighted by Gasteiger charge is 2.39. The van der Waals surface area contributed by atoms with Gasteiger partial charge in [0.1, 0.15) is 0 Å². The molecule has 6 heteroatoms. The van der Waals surface area contributed by atoms with E-state index in [1.54, 1.807) is 0 Å². The Bertz CT molecular complexity index is 702. The fraction of sp³-hybridized carbons (Fsp3) is 0.652. The molecule has 1 aromatic carbocycles. The fourth-order valence-electron chi connectivity index (χ4n) is 4.98. The molecule has 0 radical (unpaired) electrons.